The molecule has 8 heteroatoms. The van der Waals surface area contributed by atoms with Crippen molar-refractivity contribution >= 4 is 5.95 Å². The van der Waals surface area contributed by atoms with Gasteiger partial charge in [-0.2, -0.15) is 13.2 Å². The van der Waals surface area contributed by atoms with Crippen LogP contribution in [0.3, 0.4) is 0 Å². The maximum atomic E-state index is 12.7. The van der Waals surface area contributed by atoms with Crippen LogP contribution in [0.5, 0.6) is 0 Å². The summed E-state index contributed by atoms with van der Waals surface area (Å²) in [5.41, 5.74) is 0.234. The Morgan fingerprint density at radius 2 is 1.96 bits per heavy atom. The van der Waals surface area contributed by atoms with Gasteiger partial charge in [-0.1, -0.05) is 0 Å². The first-order chi connectivity index (χ1) is 11.0. The number of rotatable bonds is 4. The molecule has 0 aromatic carbocycles. The van der Waals surface area contributed by atoms with Crippen LogP contribution >= 0.6 is 0 Å². The molecule has 1 atom stereocenters. The Morgan fingerprint density at radius 3 is 2.70 bits per heavy atom. The molecule has 1 fully saturated rings. The molecule has 0 bridgehead atoms. The molecule has 0 aliphatic carbocycles. The van der Waals surface area contributed by atoms with Crippen molar-refractivity contribution in [2.75, 3.05) is 18.4 Å². The molecule has 1 aliphatic rings. The third kappa shape index (κ3) is 4.16. The summed E-state index contributed by atoms with van der Waals surface area (Å²) in [5, 5.41) is 2.99. The number of nitrogens with zero attached hydrogens (tertiary/aromatic N) is 4. The van der Waals surface area contributed by atoms with Crippen molar-refractivity contribution in [3.05, 3.63) is 48.0 Å². The van der Waals surface area contributed by atoms with Crippen LogP contribution in [0.25, 0.3) is 0 Å². The molecule has 2 aromatic rings. The van der Waals surface area contributed by atoms with E-state index in [1.54, 1.807) is 12.4 Å². The molecule has 1 unspecified atom stereocenters. The Morgan fingerprint density at radius 1 is 1.17 bits per heavy atom. The minimum atomic E-state index is -4.46. The first-order valence-corrected chi connectivity index (χ1v) is 7.29. The van der Waals surface area contributed by atoms with Gasteiger partial charge in [-0.15, -0.1) is 0 Å². The van der Waals surface area contributed by atoms with Gasteiger partial charge in [0, 0.05) is 44.3 Å². The first-order valence-electron chi connectivity index (χ1n) is 7.29. The lowest BCUT2D eigenvalue weighted by Crippen LogP contribution is -2.27. The van der Waals surface area contributed by atoms with E-state index in [0.717, 1.165) is 43.9 Å². The second-order valence-electron chi connectivity index (χ2n) is 5.48. The average Bonchev–Trinajstić information content (AvgIpc) is 2.95. The van der Waals surface area contributed by atoms with Gasteiger partial charge in [0.25, 0.3) is 0 Å². The molecule has 1 aliphatic heterocycles. The van der Waals surface area contributed by atoms with E-state index in [1.807, 2.05) is 12.1 Å². The molecule has 1 saturated heterocycles. The summed E-state index contributed by atoms with van der Waals surface area (Å²) in [7, 11) is 0. The lowest BCUT2D eigenvalue weighted by molar-refractivity contribution is -0.141. The highest BCUT2D eigenvalue weighted by molar-refractivity contribution is 5.28. The van der Waals surface area contributed by atoms with Gasteiger partial charge in [-0.05, 0) is 30.2 Å². The van der Waals surface area contributed by atoms with Gasteiger partial charge in [-0.3, -0.25) is 9.88 Å². The van der Waals surface area contributed by atoms with E-state index < -0.39 is 11.9 Å². The van der Waals surface area contributed by atoms with E-state index >= 15 is 0 Å². The monoisotopic (exact) mass is 323 g/mol. The third-order valence-corrected chi connectivity index (χ3v) is 3.71. The minimum absolute atomic E-state index is 0.0237. The van der Waals surface area contributed by atoms with Crippen LogP contribution < -0.4 is 5.32 Å². The SMILES string of the molecule is FC(F)(F)c1ccnc(NC2CCN(Cc3ccncc3)C2)n1. The number of likely N-dealkylation sites (tertiary alicyclic amines) is 1. The highest BCUT2D eigenvalue weighted by atomic mass is 19.4. The van der Waals surface area contributed by atoms with Crippen LogP contribution in [0.1, 0.15) is 17.7 Å². The van der Waals surface area contributed by atoms with E-state index in [9.17, 15) is 13.2 Å². The Kier molecular flexibility index (Phi) is 4.42. The molecule has 0 radical (unpaired) electrons. The van der Waals surface area contributed by atoms with Crippen molar-refractivity contribution in [2.24, 2.45) is 0 Å². The van der Waals surface area contributed by atoms with Crippen molar-refractivity contribution in [1.29, 1.82) is 0 Å². The predicted molar refractivity (Wildman–Crippen MR) is 78.6 cm³/mol. The fraction of sp³-hybridized carbons (Fsp3) is 0.400. The zero-order valence-corrected chi connectivity index (χ0v) is 12.3. The summed E-state index contributed by atoms with van der Waals surface area (Å²) in [6.45, 7) is 2.41. The van der Waals surface area contributed by atoms with Crippen LogP contribution in [0.2, 0.25) is 0 Å². The van der Waals surface area contributed by atoms with Gasteiger partial charge in [0.05, 0.1) is 0 Å². The normalized spacial score (nSPS) is 19.0. The van der Waals surface area contributed by atoms with Crippen LogP contribution in [0.4, 0.5) is 19.1 Å². The molecule has 2 aromatic heterocycles. The number of hydrogen-bond acceptors (Lipinski definition) is 5. The van der Waals surface area contributed by atoms with Gasteiger partial charge >= 0.3 is 6.18 Å². The van der Waals surface area contributed by atoms with Crippen molar-refractivity contribution in [3.63, 3.8) is 0 Å². The quantitative estimate of drug-likeness (QED) is 0.937. The number of pyridine rings is 1. The average molecular weight is 323 g/mol. The summed E-state index contributed by atoms with van der Waals surface area (Å²) >= 11 is 0. The van der Waals surface area contributed by atoms with Crippen molar-refractivity contribution < 1.29 is 13.2 Å². The van der Waals surface area contributed by atoms with Crippen molar-refractivity contribution in [1.82, 2.24) is 19.9 Å². The number of hydrogen-bond donors (Lipinski definition) is 1. The van der Waals surface area contributed by atoms with E-state index in [2.05, 4.69) is 25.2 Å². The number of aromatic nitrogens is 3. The van der Waals surface area contributed by atoms with Crippen LogP contribution in [-0.2, 0) is 12.7 Å². The van der Waals surface area contributed by atoms with E-state index in [-0.39, 0.29) is 12.0 Å². The molecule has 1 N–H and O–H groups in total. The lowest BCUT2D eigenvalue weighted by Gasteiger charge is -2.17. The smallest absolute Gasteiger partial charge is 0.350 e. The second kappa shape index (κ2) is 6.49. The third-order valence-electron chi connectivity index (χ3n) is 3.71. The number of anilines is 1. The van der Waals surface area contributed by atoms with Gasteiger partial charge in [-0.25, -0.2) is 9.97 Å². The van der Waals surface area contributed by atoms with Crippen molar-refractivity contribution in [3.8, 4) is 0 Å². The van der Waals surface area contributed by atoms with Crippen molar-refractivity contribution in [2.45, 2.75) is 25.2 Å². The predicted octanol–water partition coefficient (Wildman–Crippen LogP) is 2.58. The van der Waals surface area contributed by atoms with Gasteiger partial charge in [0.1, 0.15) is 5.69 Å². The summed E-state index contributed by atoms with van der Waals surface area (Å²) in [5.74, 6) is 0.0237. The van der Waals surface area contributed by atoms with Crippen LogP contribution in [0, 0.1) is 0 Å². The largest absolute Gasteiger partial charge is 0.433 e. The molecule has 5 nitrogen and oxygen atoms in total. The molecule has 3 rings (SSSR count). The molecule has 0 amide bonds. The lowest BCUT2D eigenvalue weighted by atomic mass is 10.2. The molecule has 0 saturated carbocycles. The van der Waals surface area contributed by atoms with Crippen LogP contribution in [-0.4, -0.2) is 39.0 Å². The topological polar surface area (TPSA) is 53.9 Å². The summed E-state index contributed by atoms with van der Waals surface area (Å²) in [6, 6.07) is 4.82. The number of nitrogens with one attached hydrogen (secondary N) is 1. The highest BCUT2D eigenvalue weighted by Crippen LogP contribution is 2.27. The Bertz CT molecular complexity index is 647. The minimum Gasteiger partial charge on any atom is -0.350 e. The van der Waals surface area contributed by atoms with Crippen LogP contribution in [0.15, 0.2) is 36.8 Å². The summed E-state index contributed by atoms with van der Waals surface area (Å²) < 4.78 is 38.0. The Labute approximate surface area is 131 Å². The first kappa shape index (κ1) is 15.7. The van der Waals surface area contributed by atoms with E-state index in [0.29, 0.717) is 0 Å². The molecular formula is C15H16F3N5. The van der Waals surface area contributed by atoms with Gasteiger partial charge in [0.15, 0.2) is 0 Å². The second-order valence-corrected chi connectivity index (χ2v) is 5.48. The van der Waals surface area contributed by atoms with Gasteiger partial charge < -0.3 is 5.32 Å². The fourth-order valence-electron chi connectivity index (χ4n) is 2.61. The molecule has 122 valence electrons. The maximum absolute atomic E-state index is 12.7. The Balaban J connectivity index is 1.58. The standard InChI is InChI=1S/C15H16F3N5/c16-15(17,18)13-3-7-20-14(22-13)21-12-4-8-23(10-12)9-11-1-5-19-6-2-11/h1-3,5-7,12H,4,8-10H2,(H,20,21,22). The number of alkyl halides is 3. The molecule has 3 heterocycles. The summed E-state index contributed by atoms with van der Waals surface area (Å²) in [4.78, 5) is 13.6. The molecule has 23 heavy (non-hydrogen) atoms. The number of halogens is 3. The zero-order valence-electron chi connectivity index (χ0n) is 12.3. The molecular weight excluding hydrogens is 307 g/mol. The highest BCUT2D eigenvalue weighted by Gasteiger charge is 2.33. The Hall–Kier alpha value is -2.22. The van der Waals surface area contributed by atoms with E-state index in [1.165, 1.54) is 0 Å². The zero-order chi connectivity index (χ0) is 16.3. The van der Waals surface area contributed by atoms with Gasteiger partial charge in [0.2, 0.25) is 5.95 Å². The van der Waals surface area contributed by atoms with E-state index in [4.69, 9.17) is 0 Å². The molecule has 0 spiro atoms. The maximum Gasteiger partial charge on any atom is 0.433 e. The fourth-order valence-corrected chi connectivity index (χ4v) is 2.61. The summed E-state index contributed by atoms with van der Waals surface area (Å²) in [6.07, 6.45) is 1.00.